The molecule has 0 bridgehead atoms. The van der Waals surface area contributed by atoms with Crippen LogP contribution < -0.4 is 11.1 Å². The molecule has 0 aliphatic heterocycles. The normalized spacial score (nSPS) is 23.7. The molecule has 0 radical (unpaired) electrons. The van der Waals surface area contributed by atoms with Crippen LogP contribution in [-0.4, -0.2) is 23.2 Å². The first kappa shape index (κ1) is 13.2. The number of carbonyl (C=O) groups excluding carboxylic acids is 1. The molecule has 5 heteroatoms. The number of hydrogen-bond acceptors (Lipinski definition) is 3. The Labute approximate surface area is 111 Å². The van der Waals surface area contributed by atoms with Gasteiger partial charge in [0.2, 0.25) is 0 Å². The summed E-state index contributed by atoms with van der Waals surface area (Å²) >= 11 is 5.81. The van der Waals surface area contributed by atoms with Gasteiger partial charge in [-0.3, -0.25) is 4.79 Å². The Balaban J connectivity index is 1.97. The first-order chi connectivity index (χ1) is 8.56. The molecule has 4 N–H and O–H groups in total. The molecule has 0 saturated heterocycles. The van der Waals surface area contributed by atoms with Crippen molar-refractivity contribution < 1.29 is 9.90 Å². The molecule has 98 valence electrons. The molecule has 1 fully saturated rings. The van der Waals surface area contributed by atoms with Crippen LogP contribution in [-0.2, 0) is 0 Å². The zero-order valence-corrected chi connectivity index (χ0v) is 10.8. The van der Waals surface area contributed by atoms with Crippen molar-refractivity contribution in [3.63, 3.8) is 0 Å². The fourth-order valence-electron chi connectivity index (χ4n) is 2.17. The van der Waals surface area contributed by atoms with E-state index in [0.29, 0.717) is 16.3 Å². The Bertz CT molecular complexity index is 443. The molecule has 1 aromatic carbocycles. The van der Waals surface area contributed by atoms with Gasteiger partial charge in [-0.2, -0.15) is 0 Å². The summed E-state index contributed by atoms with van der Waals surface area (Å²) in [6.45, 7) is 0. The number of halogens is 1. The van der Waals surface area contributed by atoms with Gasteiger partial charge in [0.05, 0.1) is 16.8 Å². The molecule has 1 aromatic rings. The van der Waals surface area contributed by atoms with Crippen molar-refractivity contribution in [3.05, 3.63) is 28.8 Å². The smallest absolute Gasteiger partial charge is 0.251 e. The number of benzene rings is 1. The van der Waals surface area contributed by atoms with Crippen LogP contribution in [0.2, 0.25) is 5.02 Å². The monoisotopic (exact) mass is 268 g/mol. The lowest BCUT2D eigenvalue weighted by Crippen LogP contribution is -2.38. The van der Waals surface area contributed by atoms with Crippen molar-refractivity contribution in [3.8, 4) is 0 Å². The van der Waals surface area contributed by atoms with Crippen molar-refractivity contribution in [2.75, 3.05) is 5.73 Å². The number of carbonyl (C=O) groups is 1. The fraction of sp³-hybridized carbons (Fsp3) is 0.462. The van der Waals surface area contributed by atoms with Crippen molar-refractivity contribution >= 4 is 23.2 Å². The minimum Gasteiger partial charge on any atom is -0.398 e. The van der Waals surface area contributed by atoms with Crippen LogP contribution >= 0.6 is 11.6 Å². The van der Waals surface area contributed by atoms with E-state index in [2.05, 4.69) is 5.32 Å². The molecule has 1 saturated carbocycles. The van der Waals surface area contributed by atoms with Gasteiger partial charge in [0, 0.05) is 11.6 Å². The summed E-state index contributed by atoms with van der Waals surface area (Å²) in [6.07, 6.45) is 2.90. The van der Waals surface area contributed by atoms with E-state index in [-0.39, 0.29) is 18.1 Å². The molecule has 2 rings (SSSR count). The molecule has 0 heterocycles. The SMILES string of the molecule is Nc1cc(C(=O)NC2CCC(O)CC2)ccc1Cl. The standard InChI is InChI=1S/C13H17ClN2O2/c14-11-6-1-8(7-12(11)15)13(18)16-9-2-4-10(17)5-3-9/h1,6-7,9-10,17H,2-5,15H2,(H,16,18). The van der Waals surface area contributed by atoms with Gasteiger partial charge in [-0.05, 0) is 43.9 Å². The Kier molecular flexibility index (Phi) is 4.09. The lowest BCUT2D eigenvalue weighted by atomic mass is 9.93. The van der Waals surface area contributed by atoms with Gasteiger partial charge in [0.25, 0.3) is 5.91 Å². The van der Waals surface area contributed by atoms with Crippen molar-refractivity contribution in [2.45, 2.75) is 37.8 Å². The number of amides is 1. The van der Waals surface area contributed by atoms with Gasteiger partial charge in [-0.25, -0.2) is 0 Å². The Morgan fingerprint density at radius 3 is 2.61 bits per heavy atom. The number of aliphatic hydroxyl groups excluding tert-OH is 1. The maximum Gasteiger partial charge on any atom is 0.251 e. The van der Waals surface area contributed by atoms with Gasteiger partial charge < -0.3 is 16.2 Å². The van der Waals surface area contributed by atoms with Crippen LogP contribution in [0.1, 0.15) is 36.0 Å². The van der Waals surface area contributed by atoms with Gasteiger partial charge in [0.1, 0.15) is 0 Å². The van der Waals surface area contributed by atoms with Crippen LogP contribution in [0.4, 0.5) is 5.69 Å². The zero-order chi connectivity index (χ0) is 13.1. The highest BCUT2D eigenvalue weighted by Gasteiger charge is 2.21. The van der Waals surface area contributed by atoms with Crippen LogP contribution in [0.3, 0.4) is 0 Å². The highest BCUT2D eigenvalue weighted by Crippen LogP contribution is 2.21. The van der Waals surface area contributed by atoms with E-state index in [0.717, 1.165) is 25.7 Å². The summed E-state index contributed by atoms with van der Waals surface area (Å²) in [4.78, 5) is 12.0. The average Bonchev–Trinajstić information content (AvgIpc) is 2.35. The van der Waals surface area contributed by atoms with E-state index in [1.807, 2.05) is 0 Å². The predicted octanol–water partition coefficient (Wildman–Crippen LogP) is 1.96. The number of anilines is 1. The topological polar surface area (TPSA) is 75.4 Å². The molecular formula is C13H17ClN2O2. The number of nitrogens with one attached hydrogen (secondary N) is 1. The molecule has 1 amide bonds. The molecule has 4 nitrogen and oxygen atoms in total. The van der Waals surface area contributed by atoms with Crippen molar-refractivity contribution in [1.82, 2.24) is 5.32 Å². The number of nitrogen functional groups attached to an aromatic ring is 1. The fourth-order valence-corrected chi connectivity index (χ4v) is 2.29. The maximum absolute atomic E-state index is 12.0. The summed E-state index contributed by atoms with van der Waals surface area (Å²) in [7, 11) is 0. The Hall–Kier alpha value is -1.26. The second kappa shape index (κ2) is 5.59. The van der Waals surface area contributed by atoms with Crippen LogP contribution in [0.5, 0.6) is 0 Å². The maximum atomic E-state index is 12.0. The van der Waals surface area contributed by atoms with E-state index in [1.54, 1.807) is 18.2 Å². The minimum absolute atomic E-state index is 0.137. The number of nitrogens with two attached hydrogens (primary N) is 1. The van der Waals surface area contributed by atoms with Crippen LogP contribution in [0.25, 0.3) is 0 Å². The molecule has 1 aliphatic carbocycles. The number of hydrogen-bond donors (Lipinski definition) is 3. The first-order valence-corrected chi connectivity index (χ1v) is 6.48. The molecular weight excluding hydrogens is 252 g/mol. The summed E-state index contributed by atoms with van der Waals surface area (Å²) in [5, 5.41) is 12.8. The van der Waals surface area contributed by atoms with Gasteiger partial charge in [-0.1, -0.05) is 11.6 Å². The van der Waals surface area contributed by atoms with Crippen molar-refractivity contribution in [2.24, 2.45) is 0 Å². The molecule has 18 heavy (non-hydrogen) atoms. The Morgan fingerprint density at radius 2 is 2.00 bits per heavy atom. The third kappa shape index (κ3) is 3.15. The van der Waals surface area contributed by atoms with Crippen LogP contribution in [0, 0.1) is 0 Å². The van der Waals surface area contributed by atoms with E-state index < -0.39 is 0 Å². The molecule has 0 atom stereocenters. The largest absolute Gasteiger partial charge is 0.398 e. The number of rotatable bonds is 2. The summed E-state index contributed by atoms with van der Waals surface area (Å²) in [5.41, 5.74) is 6.59. The van der Waals surface area contributed by atoms with E-state index in [4.69, 9.17) is 17.3 Å². The predicted molar refractivity (Wildman–Crippen MR) is 71.6 cm³/mol. The molecule has 0 unspecified atom stereocenters. The molecule has 0 aromatic heterocycles. The third-order valence-electron chi connectivity index (χ3n) is 3.29. The zero-order valence-electron chi connectivity index (χ0n) is 10.0. The summed E-state index contributed by atoms with van der Waals surface area (Å²) in [6, 6.07) is 5.00. The molecule has 1 aliphatic rings. The third-order valence-corrected chi connectivity index (χ3v) is 3.63. The summed E-state index contributed by atoms with van der Waals surface area (Å²) in [5.74, 6) is -0.139. The Morgan fingerprint density at radius 1 is 1.33 bits per heavy atom. The lowest BCUT2D eigenvalue weighted by Gasteiger charge is -2.26. The van der Waals surface area contributed by atoms with Gasteiger partial charge in [0.15, 0.2) is 0 Å². The second-order valence-corrected chi connectivity index (χ2v) is 5.12. The molecule has 0 spiro atoms. The lowest BCUT2D eigenvalue weighted by molar-refractivity contribution is 0.0867. The van der Waals surface area contributed by atoms with E-state index in [1.165, 1.54) is 0 Å². The van der Waals surface area contributed by atoms with E-state index in [9.17, 15) is 9.90 Å². The van der Waals surface area contributed by atoms with Crippen LogP contribution in [0.15, 0.2) is 18.2 Å². The first-order valence-electron chi connectivity index (χ1n) is 6.10. The quantitative estimate of drug-likeness (QED) is 0.718. The highest BCUT2D eigenvalue weighted by molar-refractivity contribution is 6.33. The van der Waals surface area contributed by atoms with E-state index >= 15 is 0 Å². The number of aliphatic hydroxyl groups is 1. The van der Waals surface area contributed by atoms with Crippen molar-refractivity contribution in [1.29, 1.82) is 0 Å². The second-order valence-electron chi connectivity index (χ2n) is 4.72. The average molecular weight is 269 g/mol. The highest BCUT2D eigenvalue weighted by atomic mass is 35.5. The van der Waals surface area contributed by atoms with Gasteiger partial charge >= 0.3 is 0 Å². The minimum atomic E-state index is -0.218. The summed E-state index contributed by atoms with van der Waals surface area (Å²) < 4.78 is 0. The van der Waals surface area contributed by atoms with Gasteiger partial charge in [-0.15, -0.1) is 0 Å².